The Morgan fingerprint density at radius 3 is 2.26 bits per heavy atom. The molecule has 0 aliphatic heterocycles. The number of ether oxygens (including phenoxy) is 1. The Balaban J connectivity index is 1.83. The number of nitrogens with one attached hydrogen (secondary N) is 2. The molecule has 0 aliphatic carbocycles. The molecule has 1 amide bonds. The van der Waals surface area contributed by atoms with Crippen LogP contribution in [0.15, 0.2) is 53.5 Å². The lowest BCUT2D eigenvalue weighted by atomic mass is 10.1. The highest BCUT2D eigenvalue weighted by Crippen LogP contribution is 2.12. The van der Waals surface area contributed by atoms with E-state index in [0.29, 0.717) is 31.2 Å². The molecule has 0 bridgehead atoms. The lowest BCUT2D eigenvalue weighted by molar-refractivity contribution is 0.0285. The highest BCUT2D eigenvalue weighted by Gasteiger charge is 2.19. The van der Waals surface area contributed by atoms with Gasteiger partial charge in [-0.25, -0.2) is 4.79 Å². The van der Waals surface area contributed by atoms with Gasteiger partial charge < -0.3 is 20.3 Å². The Hall–Kier alpha value is -3.53. The van der Waals surface area contributed by atoms with Crippen molar-refractivity contribution in [3.63, 3.8) is 0 Å². The van der Waals surface area contributed by atoms with Crippen LogP contribution < -0.4 is 10.6 Å². The molecule has 0 aliphatic rings. The summed E-state index contributed by atoms with van der Waals surface area (Å²) in [7, 11) is 3.45. The Morgan fingerprint density at radius 2 is 1.68 bits per heavy atom. The first-order valence-corrected chi connectivity index (χ1v) is 10.2. The Kier molecular flexibility index (Phi) is 8.44. The number of carbonyl (C=O) groups is 1. The molecule has 2 rings (SSSR count). The molecule has 7 nitrogen and oxygen atoms in total. The van der Waals surface area contributed by atoms with Gasteiger partial charge in [0, 0.05) is 33.7 Å². The van der Waals surface area contributed by atoms with E-state index in [1.165, 1.54) is 0 Å². The van der Waals surface area contributed by atoms with Gasteiger partial charge in [-0.1, -0.05) is 36.4 Å². The van der Waals surface area contributed by atoms with E-state index in [2.05, 4.69) is 21.7 Å². The summed E-state index contributed by atoms with van der Waals surface area (Å²) in [6.45, 7) is 7.23. The molecule has 0 fully saturated rings. The molecular weight excluding hydrogens is 390 g/mol. The number of hydrogen-bond donors (Lipinski definition) is 2. The minimum atomic E-state index is -0.508. The Bertz CT molecular complexity index is 940. The molecule has 31 heavy (non-hydrogen) atoms. The van der Waals surface area contributed by atoms with Crippen molar-refractivity contribution in [1.29, 1.82) is 5.26 Å². The maximum absolute atomic E-state index is 12.1. The second-order valence-corrected chi connectivity index (χ2v) is 8.24. The zero-order valence-corrected chi connectivity index (χ0v) is 18.9. The van der Waals surface area contributed by atoms with Gasteiger partial charge in [0.15, 0.2) is 5.96 Å². The van der Waals surface area contributed by atoms with E-state index in [9.17, 15) is 4.79 Å². The number of amides is 1. The molecule has 0 saturated heterocycles. The molecular formula is C24H31N5O2. The van der Waals surface area contributed by atoms with E-state index in [4.69, 9.17) is 10.00 Å². The molecule has 2 N–H and O–H groups in total. The molecule has 0 heterocycles. The smallest absolute Gasteiger partial charge is 0.410 e. The van der Waals surface area contributed by atoms with Gasteiger partial charge >= 0.3 is 6.09 Å². The van der Waals surface area contributed by atoms with Crippen LogP contribution in [-0.4, -0.2) is 36.6 Å². The van der Waals surface area contributed by atoms with Crippen molar-refractivity contribution in [2.24, 2.45) is 4.99 Å². The third-order valence-corrected chi connectivity index (χ3v) is 4.35. The van der Waals surface area contributed by atoms with Crippen LogP contribution in [0.25, 0.3) is 0 Å². The molecule has 164 valence electrons. The summed E-state index contributed by atoms with van der Waals surface area (Å²) in [6, 6.07) is 17.7. The first-order valence-electron chi connectivity index (χ1n) is 10.2. The van der Waals surface area contributed by atoms with Crippen molar-refractivity contribution < 1.29 is 9.53 Å². The summed E-state index contributed by atoms with van der Waals surface area (Å²) in [5.41, 5.74) is 3.27. The molecule has 2 aromatic rings. The minimum absolute atomic E-state index is 0.339. The van der Waals surface area contributed by atoms with Gasteiger partial charge in [0.1, 0.15) is 5.60 Å². The van der Waals surface area contributed by atoms with E-state index in [0.717, 1.165) is 16.7 Å². The molecule has 0 atom stereocenters. The molecule has 7 heteroatoms. The average Bonchev–Trinajstić information content (AvgIpc) is 2.74. The molecule has 2 aromatic carbocycles. The summed E-state index contributed by atoms with van der Waals surface area (Å²) in [6.07, 6.45) is -0.339. The maximum atomic E-state index is 12.1. The molecule has 0 aromatic heterocycles. The van der Waals surface area contributed by atoms with Gasteiger partial charge in [-0.3, -0.25) is 4.99 Å². The zero-order chi connectivity index (χ0) is 22.9. The van der Waals surface area contributed by atoms with Crippen LogP contribution >= 0.6 is 0 Å². The van der Waals surface area contributed by atoms with Gasteiger partial charge in [-0.05, 0) is 49.6 Å². The van der Waals surface area contributed by atoms with Gasteiger partial charge in [0.2, 0.25) is 0 Å². The third-order valence-electron chi connectivity index (χ3n) is 4.35. The van der Waals surface area contributed by atoms with Gasteiger partial charge in [-0.2, -0.15) is 5.26 Å². The summed E-state index contributed by atoms with van der Waals surface area (Å²) >= 11 is 0. The SMILES string of the molecule is CN=C(NCc1ccc(CN(C)C(=O)OC(C)(C)C)cc1)NCc1cccc(C#N)c1. The summed E-state index contributed by atoms with van der Waals surface area (Å²) in [5.74, 6) is 0.677. The lowest BCUT2D eigenvalue weighted by Crippen LogP contribution is -2.36. The van der Waals surface area contributed by atoms with Crippen LogP contribution in [0.2, 0.25) is 0 Å². The van der Waals surface area contributed by atoms with E-state index in [1.54, 1.807) is 25.1 Å². The third kappa shape index (κ3) is 8.39. The predicted octanol–water partition coefficient (Wildman–Crippen LogP) is 3.79. The van der Waals surface area contributed by atoms with Gasteiger partial charge in [0.05, 0.1) is 11.6 Å². The number of carbonyl (C=O) groups excluding carboxylic acids is 1. The van der Waals surface area contributed by atoms with Crippen LogP contribution in [-0.2, 0) is 24.4 Å². The lowest BCUT2D eigenvalue weighted by Gasteiger charge is -2.24. The zero-order valence-electron chi connectivity index (χ0n) is 18.9. The largest absolute Gasteiger partial charge is 0.444 e. The summed E-state index contributed by atoms with van der Waals surface area (Å²) < 4.78 is 5.38. The number of nitriles is 1. The van der Waals surface area contributed by atoms with Crippen molar-refractivity contribution in [1.82, 2.24) is 15.5 Å². The van der Waals surface area contributed by atoms with E-state index >= 15 is 0 Å². The van der Waals surface area contributed by atoms with E-state index < -0.39 is 5.60 Å². The highest BCUT2D eigenvalue weighted by molar-refractivity contribution is 5.79. The molecule has 0 unspecified atom stereocenters. The fraction of sp³-hybridized carbons (Fsp3) is 0.375. The van der Waals surface area contributed by atoms with Gasteiger partial charge in [-0.15, -0.1) is 0 Å². The van der Waals surface area contributed by atoms with Crippen LogP contribution in [0.5, 0.6) is 0 Å². The first-order chi connectivity index (χ1) is 14.7. The standard InChI is InChI=1S/C24H31N5O2/c1-24(2,3)31-23(30)29(5)17-19-11-9-18(10-12-19)15-27-22(26-4)28-16-21-8-6-7-20(13-21)14-25/h6-13H,15-17H2,1-5H3,(H2,26,27,28). The summed E-state index contributed by atoms with van der Waals surface area (Å²) in [5, 5.41) is 15.5. The number of aliphatic imine (C=N–C) groups is 1. The second kappa shape index (κ2) is 11.0. The van der Waals surface area contributed by atoms with E-state index in [1.807, 2.05) is 63.2 Å². The number of nitrogens with zero attached hydrogens (tertiary/aromatic N) is 3. The van der Waals surface area contributed by atoms with Crippen LogP contribution in [0.1, 0.15) is 43.0 Å². The number of rotatable bonds is 6. The van der Waals surface area contributed by atoms with Crippen LogP contribution in [0, 0.1) is 11.3 Å². The molecule has 0 spiro atoms. The fourth-order valence-electron chi connectivity index (χ4n) is 2.78. The molecule has 0 radical (unpaired) electrons. The van der Waals surface area contributed by atoms with Crippen molar-refractivity contribution >= 4 is 12.1 Å². The summed E-state index contributed by atoms with van der Waals surface area (Å²) in [4.78, 5) is 17.9. The fourth-order valence-corrected chi connectivity index (χ4v) is 2.78. The topological polar surface area (TPSA) is 89.8 Å². The number of hydrogen-bond acceptors (Lipinski definition) is 4. The van der Waals surface area contributed by atoms with Crippen molar-refractivity contribution in [2.45, 2.75) is 46.0 Å². The first kappa shape index (κ1) is 23.7. The van der Waals surface area contributed by atoms with Crippen LogP contribution in [0.4, 0.5) is 4.79 Å². The van der Waals surface area contributed by atoms with Crippen molar-refractivity contribution in [3.05, 3.63) is 70.8 Å². The number of benzene rings is 2. The monoisotopic (exact) mass is 421 g/mol. The maximum Gasteiger partial charge on any atom is 0.410 e. The number of guanidine groups is 1. The Labute approximate surface area is 184 Å². The average molecular weight is 422 g/mol. The predicted molar refractivity (Wildman–Crippen MR) is 122 cm³/mol. The Morgan fingerprint density at radius 1 is 1.06 bits per heavy atom. The van der Waals surface area contributed by atoms with Crippen molar-refractivity contribution in [3.8, 4) is 6.07 Å². The second-order valence-electron chi connectivity index (χ2n) is 8.24. The van der Waals surface area contributed by atoms with Crippen molar-refractivity contribution in [2.75, 3.05) is 14.1 Å². The normalized spacial score (nSPS) is 11.4. The van der Waals surface area contributed by atoms with E-state index in [-0.39, 0.29) is 6.09 Å². The highest BCUT2D eigenvalue weighted by atomic mass is 16.6. The quantitative estimate of drug-likeness (QED) is 0.547. The minimum Gasteiger partial charge on any atom is -0.444 e. The van der Waals surface area contributed by atoms with Crippen LogP contribution in [0.3, 0.4) is 0 Å². The molecule has 0 saturated carbocycles. The van der Waals surface area contributed by atoms with Gasteiger partial charge in [0.25, 0.3) is 0 Å².